The van der Waals surface area contributed by atoms with Crippen LogP contribution in [0.3, 0.4) is 0 Å². The van der Waals surface area contributed by atoms with Gasteiger partial charge in [-0.3, -0.25) is 9.59 Å². The van der Waals surface area contributed by atoms with Crippen molar-refractivity contribution in [1.29, 1.82) is 0 Å². The van der Waals surface area contributed by atoms with Gasteiger partial charge in [0.15, 0.2) is 5.65 Å². The number of nitrogens with zero attached hydrogens (tertiary/aromatic N) is 5. The Labute approximate surface area is 216 Å². The average Bonchev–Trinajstić information content (AvgIpc) is 3.32. The number of allylic oxidation sites excluding steroid dienone is 1. The lowest BCUT2D eigenvalue weighted by molar-refractivity contribution is -0.120. The van der Waals surface area contributed by atoms with Crippen LogP contribution in [-0.2, 0) is 4.79 Å². The predicted molar refractivity (Wildman–Crippen MR) is 146 cm³/mol. The topological polar surface area (TPSA) is 105 Å². The van der Waals surface area contributed by atoms with E-state index in [9.17, 15) is 9.59 Å². The molecular weight excluding hydrogens is 466 g/mol. The molecule has 1 unspecified atom stereocenters. The Bertz CT molecular complexity index is 1400. The molecule has 4 heterocycles. The third-order valence-corrected chi connectivity index (χ3v) is 6.98. The molecule has 0 aliphatic carbocycles. The van der Waals surface area contributed by atoms with Crippen LogP contribution >= 0.6 is 0 Å². The van der Waals surface area contributed by atoms with Gasteiger partial charge in [0.05, 0.1) is 28.8 Å². The molecule has 192 valence electrons. The van der Waals surface area contributed by atoms with Crippen molar-refractivity contribution in [2.75, 3.05) is 37.6 Å². The largest absolute Gasteiger partial charge is 0.369 e. The highest BCUT2D eigenvalue weighted by Gasteiger charge is 2.25. The van der Waals surface area contributed by atoms with Gasteiger partial charge in [-0.1, -0.05) is 17.7 Å². The summed E-state index contributed by atoms with van der Waals surface area (Å²) in [5.41, 5.74) is 5.55. The Morgan fingerprint density at radius 3 is 2.57 bits per heavy atom. The average molecular weight is 500 g/mol. The molecule has 0 saturated carbocycles. The van der Waals surface area contributed by atoms with Gasteiger partial charge in [0.2, 0.25) is 0 Å². The van der Waals surface area contributed by atoms with E-state index >= 15 is 0 Å². The fourth-order valence-electron chi connectivity index (χ4n) is 4.94. The maximum Gasteiger partial charge on any atom is 0.254 e. The highest BCUT2D eigenvalue weighted by molar-refractivity contribution is 6.08. The Morgan fingerprint density at radius 1 is 1.16 bits per heavy atom. The van der Waals surface area contributed by atoms with Crippen molar-refractivity contribution in [2.24, 2.45) is 10.9 Å². The van der Waals surface area contributed by atoms with E-state index in [1.165, 1.54) is 5.69 Å². The van der Waals surface area contributed by atoms with Crippen LogP contribution in [0, 0.1) is 5.92 Å². The summed E-state index contributed by atoms with van der Waals surface area (Å²) in [4.78, 5) is 37.2. The first-order valence-electron chi connectivity index (χ1n) is 12.8. The minimum absolute atomic E-state index is 0.0833. The van der Waals surface area contributed by atoms with Crippen LogP contribution in [0.1, 0.15) is 44.1 Å². The predicted octanol–water partition coefficient (Wildman–Crippen LogP) is 3.38. The number of anilines is 1. The van der Waals surface area contributed by atoms with Crippen LogP contribution in [0.2, 0.25) is 0 Å². The van der Waals surface area contributed by atoms with E-state index in [1.54, 1.807) is 13.1 Å². The number of piperazine rings is 1. The quantitative estimate of drug-likeness (QED) is 0.539. The van der Waals surface area contributed by atoms with Crippen molar-refractivity contribution >= 4 is 34.2 Å². The molecule has 5 rings (SSSR count). The fraction of sp³-hybridized carbons (Fsp3) is 0.393. The van der Waals surface area contributed by atoms with Gasteiger partial charge in [-0.05, 0) is 52.0 Å². The standard InChI is InChI=1S/C28H33N7O2/c1-17(2)35-26-24(16-31-35)22(27(36)30-15-23-18(3)13-19(4)32-28(23)37)14-25(33-26)20-5-7-21(8-6-20)34-11-9-29-10-12-34/h5-8,13-14,16-17,23,29H,9-12,15H2,1-4H3,(H,30,36). The fourth-order valence-corrected chi connectivity index (χ4v) is 4.94. The van der Waals surface area contributed by atoms with Crippen LogP contribution in [0.15, 0.2) is 53.2 Å². The number of rotatable bonds is 6. The van der Waals surface area contributed by atoms with Crippen molar-refractivity contribution in [3.8, 4) is 11.3 Å². The van der Waals surface area contributed by atoms with Gasteiger partial charge >= 0.3 is 0 Å². The zero-order chi connectivity index (χ0) is 26.1. The molecule has 0 bridgehead atoms. The molecule has 0 radical (unpaired) electrons. The number of dihydropyridines is 1. The monoisotopic (exact) mass is 499 g/mol. The molecule has 1 fully saturated rings. The van der Waals surface area contributed by atoms with Crippen LogP contribution in [0.25, 0.3) is 22.3 Å². The first-order chi connectivity index (χ1) is 17.8. The molecule has 1 aromatic carbocycles. The second-order valence-electron chi connectivity index (χ2n) is 10.0. The van der Waals surface area contributed by atoms with E-state index in [0.29, 0.717) is 28.0 Å². The number of pyridine rings is 1. The maximum absolute atomic E-state index is 13.4. The van der Waals surface area contributed by atoms with Crippen LogP contribution in [0.4, 0.5) is 5.69 Å². The summed E-state index contributed by atoms with van der Waals surface area (Å²) in [5.74, 6) is -0.947. The van der Waals surface area contributed by atoms with Gasteiger partial charge in [0.25, 0.3) is 11.8 Å². The summed E-state index contributed by atoms with van der Waals surface area (Å²) in [6, 6.07) is 10.2. The van der Waals surface area contributed by atoms with E-state index < -0.39 is 5.92 Å². The zero-order valence-corrected chi connectivity index (χ0v) is 21.8. The number of nitrogens with one attached hydrogen (secondary N) is 2. The van der Waals surface area contributed by atoms with E-state index in [-0.39, 0.29) is 24.4 Å². The van der Waals surface area contributed by atoms with Gasteiger partial charge in [0, 0.05) is 55.7 Å². The van der Waals surface area contributed by atoms with Crippen LogP contribution in [-0.4, -0.2) is 65.0 Å². The summed E-state index contributed by atoms with van der Waals surface area (Å²) >= 11 is 0. The molecule has 2 aromatic heterocycles. The van der Waals surface area contributed by atoms with E-state index in [4.69, 9.17) is 4.98 Å². The van der Waals surface area contributed by atoms with Gasteiger partial charge < -0.3 is 15.5 Å². The van der Waals surface area contributed by atoms with Crippen LogP contribution < -0.4 is 15.5 Å². The smallest absolute Gasteiger partial charge is 0.254 e. The molecule has 3 aromatic rings. The molecule has 2 aliphatic rings. The van der Waals surface area contributed by atoms with Gasteiger partial charge in [0.1, 0.15) is 0 Å². The zero-order valence-electron chi connectivity index (χ0n) is 21.8. The van der Waals surface area contributed by atoms with Crippen LogP contribution in [0.5, 0.6) is 0 Å². The first-order valence-corrected chi connectivity index (χ1v) is 12.8. The Balaban J connectivity index is 1.46. The van der Waals surface area contributed by atoms with E-state index in [0.717, 1.165) is 37.3 Å². The summed E-state index contributed by atoms with van der Waals surface area (Å²) in [5, 5.41) is 11.5. The summed E-state index contributed by atoms with van der Waals surface area (Å²) < 4.78 is 1.83. The van der Waals surface area contributed by atoms with E-state index in [1.807, 2.05) is 37.6 Å². The molecule has 9 heteroatoms. The number of carbonyl (C=O) groups is 2. The van der Waals surface area contributed by atoms with Gasteiger partial charge in [-0.2, -0.15) is 5.10 Å². The second kappa shape index (κ2) is 10.3. The summed E-state index contributed by atoms with van der Waals surface area (Å²) in [6.07, 6.45) is 3.58. The van der Waals surface area contributed by atoms with Gasteiger partial charge in [-0.15, -0.1) is 0 Å². The lowest BCUT2D eigenvalue weighted by Crippen LogP contribution is -2.43. The third-order valence-electron chi connectivity index (χ3n) is 6.98. The molecule has 2 N–H and O–H groups in total. The number of aliphatic imine (C=N–C) groups is 1. The molecule has 2 aliphatic heterocycles. The van der Waals surface area contributed by atoms with Crippen molar-refractivity contribution < 1.29 is 9.59 Å². The molecule has 9 nitrogen and oxygen atoms in total. The Morgan fingerprint density at radius 2 is 1.89 bits per heavy atom. The Kier molecular flexibility index (Phi) is 6.88. The number of hydrogen-bond donors (Lipinski definition) is 2. The normalized spacial score (nSPS) is 18.2. The number of aromatic nitrogens is 3. The third kappa shape index (κ3) is 5.04. The first kappa shape index (κ1) is 24.8. The number of carbonyl (C=O) groups excluding carboxylic acids is 2. The highest BCUT2D eigenvalue weighted by Crippen LogP contribution is 2.28. The SMILES string of the molecule is CC1=CC(C)=NC(=O)C1CNC(=O)c1cc(-c2ccc(N3CCNCC3)cc2)nc2c1cnn2C(C)C. The Hall–Kier alpha value is -3.85. The van der Waals surface area contributed by atoms with Crippen molar-refractivity contribution in [3.63, 3.8) is 0 Å². The summed E-state index contributed by atoms with van der Waals surface area (Å²) in [6.45, 7) is 11.9. The van der Waals surface area contributed by atoms with Crippen molar-refractivity contribution in [2.45, 2.75) is 33.7 Å². The minimum Gasteiger partial charge on any atom is -0.369 e. The maximum atomic E-state index is 13.4. The highest BCUT2D eigenvalue weighted by atomic mass is 16.2. The minimum atomic E-state index is -0.458. The summed E-state index contributed by atoms with van der Waals surface area (Å²) in [7, 11) is 0. The molecule has 2 amide bonds. The van der Waals surface area contributed by atoms with Gasteiger partial charge in [-0.25, -0.2) is 14.7 Å². The molecular formula is C28H33N7O2. The number of fused-ring (bicyclic) bond motifs is 1. The second-order valence-corrected chi connectivity index (χ2v) is 10.0. The van der Waals surface area contributed by atoms with E-state index in [2.05, 4.69) is 49.9 Å². The molecule has 1 atom stereocenters. The van der Waals surface area contributed by atoms with Crippen molar-refractivity contribution in [3.05, 3.63) is 53.7 Å². The number of amides is 2. The number of hydrogen-bond acceptors (Lipinski definition) is 6. The van der Waals surface area contributed by atoms with Crippen molar-refractivity contribution in [1.82, 2.24) is 25.4 Å². The molecule has 37 heavy (non-hydrogen) atoms. The lowest BCUT2D eigenvalue weighted by atomic mass is 9.95. The molecule has 1 saturated heterocycles. The number of benzene rings is 1. The lowest BCUT2D eigenvalue weighted by Gasteiger charge is -2.29. The molecule has 0 spiro atoms.